The van der Waals surface area contributed by atoms with Crippen LogP contribution in [0.1, 0.15) is 52.9 Å². The van der Waals surface area contributed by atoms with E-state index in [1.807, 2.05) is 13.8 Å². The SMILES string of the molecule is COC(=O)c1c(NC(=O)CC2CCCC2)sc(C)c1C. The molecule has 0 bridgehead atoms. The highest BCUT2D eigenvalue weighted by atomic mass is 32.1. The van der Waals surface area contributed by atoms with Crippen molar-refractivity contribution < 1.29 is 14.3 Å². The van der Waals surface area contributed by atoms with Crippen LogP contribution < -0.4 is 5.32 Å². The van der Waals surface area contributed by atoms with Gasteiger partial charge in [0.15, 0.2) is 0 Å². The number of hydrogen-bond acceptors (Lipinski definition) is 4. The van der Waals surface area contributed by atoms with Crippen molar-refractivity contribution in [2.24, 2.45) is 5.92 Å². The average Bonchev–Trinajstić information content (AvgIpc) is 2.99. The standard InChI is InChI=1S/C15H21NO3S/c1-9-10(2)20-14(13(9)15(18)19-3)16-12(17)8-11-6-4-5-7-11/h11H,4-8H2,1-3H3,(H,16,17). The first-order valence-electron chi connectivity index (χ1n) is 7.01. The second kappa shape index (κ2) is 6.39. The summed E-state index contributed by atoms with van der Waals surface area (Å²) >= 11 is 1.44. The van der Waals surface area contributed by atoms with Gasteiger partial charge in [0.2, 0.25) is 5.91 Å². The van der Waals surface area contributed by atoms with Gasteiger partial charge in [-0.15, -0.1) is 11.3 Å². The van der Waals surface area contributed by atoms with Gasteiger partial charge >= 0.3 is 5.97 Å². The van der Waals surface area contributed by atoms with Crippen LogP contribution in [0.2, 0.25) is 0 Å². The smallest absolute Gasteiger partial charge is 0.341 e. The van der Waals surface area contributed by atoms with E-state index in [4.69, 9.17) is 4.74 Å². The molecule has 0 aromatic carbocycles. The minimum absolute atomic E-state index is 0.00306. The number of amides is 1. The molecule has 1 amide bonds. The molecule has 0 radical (unpaired) electrons. The first-order chi connectivity index (χ1) is 9.52. The Morgan fingerprint density at radius 1 is 1.30 bits per heavy atom. The molecule has 5 heteroatoms. The third-order valence-electron chi connectivity index (χ3n) is 3.98. The molecule has 1 aromatic heterocycles. The summed E-state index contributed by atoms with van der Waals surface area (Å²) in [6.45, 7) is 3.82. The minimum atomic E-state index is -0.386. The molecular weight excluding hydrogens is 274 g/mol. The maximum atomic E-state index is 12.1. The van der Waals surface area contributed by atoms with Gasteiger partial charge in [0, 0.05) is 11.3 Å². The second-order valence-corrected chi connectivity index (χ2v) is 6.61. The highest BCUT2D eigenvalue weighted by Crippen LogP contribution is 2.34. The van der Waals surface area contributed by atoms with Crippen molar-refractivity contribution in [2.45, 2.75) is 46.0 Å². The monoisotopic (exact) mass is 295 g/mol. The quantitative estimate of drug-likeness (QED) is 0.862. The number of ether oxygens (including phenoxy) is 1. The first-order valence-corrected chi connectivity index (χ1v) is 7.82. The van der Waals surface area contributed by atoms with Crippen molar-refractivity contribution in [3.05, 3.63) is 16.0 Å². The third-order valence-corrected chi connectivity index (χ3v) is 5.10. The number of aryl methyl sites for hydroxylation is 1. The Bertz CT molecular complexity index is 515. The Hall–Kier alpha value is -1.36. The summed E-state index contributed by atoms with van der Waals surface area (Å²) in [6, 6.07) is 0. The molecule has 1 fully saturated rings. The van der Waals surface area contributed by atoms with E-state index >= 15 is 0 Å². The molecule has 110 valence electrons. The van der Waals surface area contributed by atoms with Crippen LogP contribution in [0.3, 0.4) is 0 Å². The van der Waals surface area contributed by atoms with Crippen LogP contribution in [-0.4, -0.2) is 19.0 Å². The molecule has 1 aromatic rings. The number of methoxy groups -OCH3 is 1. The fourth-order valence-electron chi connectivity index (χ4n) is 2.72. The lowest BCUT2D eigenvalue weighted by Crippen LogP contribution is -2.16. The number of rotatable bonds is 4. The summed E-state index contributed by atoms with van der Waals surface area (Å²) in [5.41, 5.74) is 1.38. The van der Waals surface area contributed by atoms with Gasteiger partial charge in [0.1, 0.15) is 5.00 Å². The number of thiophene rings is 1. The van der Waals surface area contributed by atoms with Crippen LogP contribution in [-0.2, 0) is 9.53 Å². The summed E-state index contributed by atoms with van der Waals surface area (Å²) in [6.07, 6.45) is 5.28. The molecule has 1 aliphatic carbocycles. The van der Waals surface area contributed by atoms with Crippen LogP contribution in [0.5, 0.6) is 0 Å². The minimum Gasteiger partial charge on any atom is -0.465 e. The van der Waals surface area contributed by atoms with E-state index < -0.39 is 0 Å². The number of hydrogen-bond donors (Lipinski definition) is 1. The van der Waals surface area contributed by atoms with Crippen molar-refractivity contribution in [3.63, 3.8) is 0 Å². The molecule has 20 heavy (non-hydrogen) atoms. The predicted molar refractivity (Wildman–Crippen MR) is 80.3 cm³/mol. The Kier molecular flexibility index (Phi) is 4.81. The zero-order valence-corrected chi connectivity index (χ0v) is 13.1. The Morgan fingerprint density at radius 3 is 2.55 bits per heavy atom. The number of carbonyl (C=O) groups is 2. The van der Waals surface area contributed by atoms with E-state index in [-0.39, 0.29) is 11.9 Å². The van der Waals surface area contributed by atoms with Crippen LogP contribution in [0, 0.1) is 19.8 Å². The molecule has 2 rings (SSSR count). The Labute approximate surface area is 123 Å². The van der Waals surface area contributed by atoms with Crippen LogP contribution >= 0.6 is 11.3 Å². The van der Waals surface area contributed by atoms with Gasteiger partial charge in [-0.3, -0.25) is 4.79 Å². The second-order valence-electron chi connectivity index (χ2n) is 5.38. The molecule has 0 unspecified atom stereocenters. The maximum absolute atomic E-state index is 12.1. The molecule has 0 aliphatic heterocycles. The number of esters is 1. The molecule has 1 N–H and O–H groups in total. The Morgan fingerprint density at radius 2 is 1.95 bits per heavy atom. The lowest BCUT2D eigenvalue weighted by atomic mass is 10.0. The fraction of sp³-hybridized carbons (Fsp3) is 0.600. The molecular formula is C15H21NO3S. The van der Waals surface area contributed by atoms with E-state index in [1.165, 1.54) is 31.3 Å². The summed E-state index contributed by atoms with van der Waals surface area (Å²) in [5.74, 6) is 0.116. The first kappa shape index (κ1) is 15.0. The topological polar surface area (TPSA) is 55.4 Å². The summed E-state index contributed by atoms with van der Waals surface area (Å²) in [5, 5.41) is 3.51. The third kappa shape index (κ3) is 3.20. The van der Waals surface area contributed by atoms with Crippen molar-refractivity contribution >= 4 is 28.2 Å². The van der Waals surface area contributed by atoms with Gasteiger partial charge in [-0.2, -0.15) is 0 Å². The maximum Gasteiger partial charge on any atom is 0.341 e. The van der Waals surface area contributed by atoms with E-state index in [2.05, 4.69) is 5.32 Å². The van der Waals surface area contributed by atoms with Crippen molar-refractivity contribution in [1.82, 2.24) is 0 Å². The lowest BCUT2D eigenvalue weighted by molar-refractivity contribution is -0.117. The number of nitrogens with one attached hydrogen (secondary N) is 1. The van der Waals surface area contributed by atoms with E-state index in [1.54, 1.807) is 0 Å². The Balaban J connectivity index is 2.10. The van der Waals surface area contributed by atoms with Gasteiger partial charge in [-0.25, -0.2) is 4.79 Å². The van der Waals surface area contributed by atoms with Gasteiger partial charge in [0.25, 0.3) is 0 Å². The van der Waals surface area contributed by atoms with Gasteiger partial charge in [-0.05, 0) is 38.2 Å². The number of carbonyl (C=O) groups excluding carboxylic acids is 2. The molecule has 0 spiro atoms. The zero-order chi connectivity index (χ0) is 14.7. The summed E-state index contributed by atoms with van der Waals surface area (Å²) in [7, 11) is 1.36. The summed E-state index contributed by atoms with van der Waals surface area (Å²) < 4.78 is 4.80. The van der Waals surface area contributed by atoms with Crippen molar-refractivity contribution in [1.29, 1.82) is 0 Å². The van der Waals surface area contributed by atoms with Gasteiger partial charge < -0.3 is 10.1 Å². The zero-order valence-electron chi connectivity index (χ0n) is 12.2. The van der Waals surface area contributed by atoms with E-state index in [9.17, 15) is 9.59 Å². The molecule has 0 saturated heterocycles. The van der Waals surface area contributed by atoms with Gasteiger partial charge in [0.05, 0.1) is 12.7 Å². The van der Waals surface area contributed by atoms with E-state index in [0.29, 0.717) is 22.9 Å². The van der Waals surface area contributed by atoms with Crippen LogP contribution in [0.25, 0.3) is 0 Å². The fourth-order valence-corrected chi connectivity index (χ4v) is 3.78. The van der Waals surface area contributed by atoms with E-state index in [0.717, 1.165) is 23.3 Å². The van der Waals surface area contributed by atoms with Crippen molar-refractivity contribution in [2.75, 3.05) is 12.4 Å². The van der Waals surface area contributed by atoms with Crippen LogP contribution in [0.4, 0.5) is 5.00 Å². The summed E-state index contributed by atoms with van der Waals surface area (Å²) in [4.78, 5) is 25.0. The van der Waals surface area contributed by atoms with Gasteiger partial charge in [-0.1, -0.05) is 12.8 Å². The van der Waals surface area contributed by atoms with Crippen molar-refractivity contribution in [3.8, 4) is 0 Å². The average molecular weight is 295 g/mol. The highest BCUT2D eigenvalue weighted by molar-refractivity contribution is 7.16. The lowest BCUT2D eigenvalue weighted by Gasteiger charge is -2.09. The molecule has 1 aliphatic rings. The largest absolute Gasteiger partial charge is 0.465 e. The number of anilines is 1. The van der Waals surface area contributed by atoms with Crippen LogP contribution in [0.15, 0.2) is 0 Å². The molecule has 1 heterocycles. The normalized spacial score (nSPS) is 15.3. The highest BCUT2D eigenvalue weighted by Gasteiger charge is 2.23. The molecule has 1 saturated carbocycles. The molecule has 0 atom stereocenters. The predicted octanol–water partition coefficient (Wildman–Crippen LogP) is 3.67. The molecule has 4 nitrogen and oxygen atoms in total.